The van der Waals surface area contributed by atoms with Crippen LogP contribution >= 0.6 is 0 Å². The van der Waals surface area contributed by atoms with Crippen molar-refractivity contribution in [3.8, 4) is 28.4 Å². The van der Waals surface area contributed by atoms with E-state index in [1.54, 1.807) is 61.9 Å². The predicted molar refractivity (Wildman–Crippen MR) is 114 cm³/mol. The average Bonchev–Trinajstić information content (AvgIpc) is 3.34. The number of nitrogens with zero attached hydrogens (tertiary/aromatic N) is 3. The van der Waals surface area contributed by atoms with Crippen LogP contribution in [0.2, 0.25) is 0 Å². The molecule has 0 saturated heterocycles. The number of hydrogen-bond acceptors (Lipinski definition) is 5. The number of anilines is 1. The molecule has 150 valence electrons. The molecule has 2 aromatic carbocycles. The Morgan fingerprint density at radius 3 is 2.47 bits per heavy atom. The molecule has 0 fully saturated rings. The number of pyridine rings is 1. The fourth-order valence-electron chi connectivity index (χ4n) is 3.05. The number of hydrogen-bond donors (Lipinski definition) is 1. The lowest BCUT2D eigenvalue weighted by Crippen LogP contribution is -2.12. The maximum atomic E-state index is 12.7. The number of carbonyl (C=O) groups excluding carboxylic acids is 1. The molecule has 0 radical (unpaired) electrons. The van der Waals surface area contributed by atoms with Gasteiger partial charge >= 0.3 is 0 Å². The quantitative estimate of drug-likeness (QED) is 0.525. The highest BCUT2D eigenvalue weighted by Gasteiger charge is 2.11. The lowest BCUT2D eigenvalue weighted by atomic mass is 10.0. The van der Waals surface area contributed by atoms with Crippen molar-refractivity contribution in [1.82, 2.24) is 14.5 Å². The van der Waals surface area contributed by atoms with Gasteiger partial charge < -0.3 is 14.8 Å². The molecule has 30 heavy (non-hydrogen) atoms. The van der Waals surface area contributed by atoms with Crippen LogP contribution in [-0.2, 0) is 0 Å². The highest BCUT2D eigenvalue weighted by molar-refractivity contribution is 6.04. The minimum Gasteiger partial charge on any atom is -0.497 e. The lowest BCUT2D eigenvalue weighted by Gasteiger charge is -2.13. The second kappa shape index (κ2) is 8.48. The highest BCUT2D eigenvalue weighted by atomic mass is 16.5. The summed E-state index contributed by atoms with van der Waals surface area (Å²) in [5.74, 6) is 1.93. The van der Waals surface area contributed by atoms with Gasteiger partial charge in [0, 0.05) is 29.8 Å². The number of benzene rings is 2. The summed E-state index contributed by atoms with van der Waals surface area (Å²) in [6.07, 6.45) is 6.66. The van der Waals surface area contributed by atoms with Gasteiger partial charge in [-0.15, -0.1) is 0 Å². The van der Waals surface area contributed by atoms with Gasteiger partial charge in [-0.05, 0) is 48.0 Å². The first kappa shape index (κ1) is 19.2. The zero-order valence-corrected chi connectivity index (χ0v) is 16.6. The van der Waals surface area contributed by atoms with Gasteiger partial charge in [0.05, 0.1) is 19.8 Å². The van der Waals surface area contributed by atoms with E-state index in [0.717, 1.165) is 16.9 Å². The van der Waals surface area contributed by atoms with Crippen LogP contribution in [0.15, 0.2) is 79.5 Å². The van der Waals surface area contributed by atoms with Crippen LogP contribution in [0.5, 0.6) is 11.5 Å². The molecular formula is C23H20N4O3. The first-order valence-electron chi connectivity index (χ1n) is 9.26. The smallest absolute Gasteiger partial charge is 0.257 e. The second-order valence-electron chi connectivity index (χ2n) is 6.47. The zero-order chi connectivity index (χ0) is 20.9. The molecule has 1 amide bonds. The Balaban J connectivity index is 1.56. The summed E-state index contributed by atoms with van der Waals surface area (Å²) < 4.78 is 12.5. The summed E-state index contributed by atoms with van der Waals surface area (Å²) in [6.45, 7) is 0. The predicted octanol–water partition coefficient (Wildman–Crippen LogP) is 4.20. The van der Waals surface area contributed by atoms with Crippen molar-refractivity contribution >= 4 is 11.6 Å². The third-order valence-electron chi connectivity index (χ3n) is 4.64. The summed E-state index contributed by atoms with van der Waals surface area (Å²) in [7, 11) is 3.25. The van der Waals surface area contributed by atoms with Crippen LogP contribution in [0.4, 0.5) is 5.69 Å². The molecule has 0 atom stereocenters. The van der Waals surface area contributed by atoms with Gasteiger partial charge in [-0.2, -0.15) is 0 Å². The first-order valence-corrected chi connectivity index (χ1v) is 9.26. The van der Waals surface area contributed by atoms with Crippen molar-refractivity contribution in [3.05, 3.63) is 85.1 Å². The minimum absolute atomic E-state index is 0.245. The summed E-state index contributed by atoms with van der Waals surface area (Å²) >= 11 is 0. The highest BCUT2D eigenvalue weighted by Crippen LogP contribution is 2.33. The number of ether oxygens (including phenoxy) is 2. The Morgan fingerprint density at radius 2 is 1.83 bits per heavy atom. The van der Waals surface area contributed by atoms with E-state index < -0.39 is 0 Å². The van der Waals surface area contributed by atoms with E-state index >= 15 is 0 Å². The number of carbonyl (C=O) groups is 1. The molecule has 2 aromatic heterocycles. The molecule has 4 rings (SSSR count). The van der Waals surface area contributed by atoms with Crippen molar-refractivity contribution in [2.24, 2.45) is 0 Å². The van der Waals surface area contributed by atoms with Crippen molar-refractivity contribution in [2.75, 3.05) is 19.5 Å². The van der Waals surface area contributed by atoms with E-state index in [1.165, 1.54) is 0 Å². The molecule has 4 aromatic rings. The molecule has 0 aliphatic heterocycles. The van der Waals surface area contributed by atoms with Crippen molar-refractivity contribution < 1.29 is 14.3 Å². The second-order valence-corrected chi connectivity index (χ2v) is 6.47. The molecule has 2 heterocycles. The van der Waals surface area contributed by atoms with E-state index in [-0.39, 0.29) is 5.91 Å². The van der Waals surface area contributed by atoms with E-state index in [1.807, 2.05) is 36.4 Å². The summed E-state index contributed by atoms with van der Waals surface area (Å²) in [4.78, 5) is 21.0. The fraction of sp³-hybridized carbons (Fsp3) is 0.0870. The molecule has 0 saturated carbocycles. The van der Waals surface area contributed by atoms with Crippen LogP contribution < -0.4 is 14.8 Å². The molecule has 0 aliphatic rings. The Morgan fingerprint density at radius 1 is 1.00 bits per heavy atom. The molecule has 7 heteroatoms. The summed E-state index contributed by atoms with van der Waals surface area (Å²) in [5.41, 5.74) is 2.94. The Bertz CT molecular complexity index is 1140. The first-order chi connectivity index (χ1) is 14.7. The standard InChI is InChI=1S/C23H20N4O3/c1-29-19-7-3-16(4-8-19)20-13-18(6-9-21(20)30-2)26-23(28)17-5-10-22(25-14-17)27-12-11-24-15-27/h3-15H,1-2H3,(H,26,28). The number of nitrogens with one attached hydrogen (secondary N) is 1. The van der Waals surface area contributed by atoms with Crippen LogP contribution in [0.1, 0.15) is 10.4 Å². The van der Waals surface area contributed by atoms with E-state index in [4.69, 9.17) is 9.47 Å². The monoisotopic (exact) mass is 400 g/mol. The van der Waals surface area contributed by atoms with Gasteiger partial charge in [-0.1, -0.05) is 12.1 Å². The van der Waals surface area contributed by atoms with Crippen LogP contribution in [0.25, 0.3) is 16.9 Å². The maximum absolute atomic E-state index is 12.7. The Labute approximate surface area is 173 Å². The SMILES string of the molecule is COc1ccc(-c2cc(NC(=O)c3ccc(-n4ccnc4)nc3)ccc2OC)cc1. The van der Waals surface area contributed by atoms with Crippen molar-refractivity contribution in [1.29, 1.82) is 0 Å². The number of methoxy groups -OCH3 is 2. The van der Waals surface area contributed by atoms with Crippen LogP contribution in [-0.4, -0.2) is 34.7 Å². The normalized spacial score (nSPS) is 10.5. The van der Waals surface area contributed by atoms with Crippen molar-refractivity contribution in [3.63, 3.8) is 0 Å². The number of imidazole rings is 1. The van der Waals surface area contributed by atoms with E-state index in [0.29, 0.717) is 22.8 Å². The molecule has 7 nitrogen and oxygen atoms in total. The average molecular weight is 400 g/mol. The van der Waals surface area contributed by atoms with E-state index in [2.05, 4.69) is 15.3 Å². The van der Waals surface area contributed by atoms with Crippen molar-refractivity contribution in [2.45, 2.75) is 0 Å². The summed E-state index contributed by atoms with van der Waals surface area (Å²) in [6, 6.07) is 16.7. The van der Waals surface area contributed by atoms with Gasteiger partial charge in [-0.3, -0.25) is 9.36 Å². The molecule has 1 N–H and O–H groups in total. The number of rotatable bonds is 6. The van der Waals surface area contributed by atoms with Gasteiger partial charge in [-0.25, -0.2) is 9.97 Å². The molecule has 0 unspecified atom stereocenters. The molecule has 0 aliphatic carbocycles. The van der Waals surface area contributed by atoms with Gasteiger partial charge in [0.15, 0.2) is 0 Å². The van der Waals surface area contributed by atoms with Crippen LogP contribution in [0.3, 0.4) is 0 Å². The van der Waals surface area contributed by atoms with Gasteiger partial charge in [0.2, 0.25) is 0 Å². The maximum Gasteiger partial charge on any atom is 0.257 e. The summed E-state index contributed by atoms with van der Waals surface area (Å²) in [5, 5.41) is 2.92. The Kier molecular flexibility index (Phi) is 5.43. The lowest BCUT2D eigenvalue weighted by molar-refractivity contribution is 0.102. The number of aromatic nitrogens is 3. The molecule has 0 spiro atoms. The third-order valence-corrected chi connectivity index (χ3v) is 4.64. The molecular weight excluding hydrogens is 380 g/mol. The topological polar surface area (TPSA) is 78.3 Å². The molecule has 0 bridgehead atoms. The third kappa shape index (κ3) is 4.00. The Hall–Kier alpha value is -4.13. The minimum atomic E-state index is -0.245. The fourth-order valence-corrected chi connectivity index (χ4v) is 3.05. The van der Waals surface area contributed by atoms with Crippen LogP contribution in [0, 0.1) is 0 Å². The zero-order valence-electron chi connectivity index (χ0n) is 16.6. The number of amides is 1. The van der Waals surface area contributed by atoms with Gasteiger partial charge in [0.25, 0.3) is 5.91 Å². The van der Waals surface area contributed by atoms with Gasteiger partial charge in [0.1, 0.15) is 23.6 Å². The van der Waals surface area contributed by atoms with E-state index in [9.17, 15) is 4.79 Å². The largest absolute Gasteiger partial charge is 0.497 e.